The number of hydrogen-bond acceptors (Lipinski definition) is 5. The summed E-state index contributed by atoms with van der Waals surface area (Å²) in [6.07, 6.45) is 1.10. The molecule has 1 aliphatic heterocycles. The van der Waals surface area contributed by atoms with Gasteiger partial charge in [0.25, 0.3) is 5.91 Å². The van der Waals surface area contributed by atoms with Crippen molar-refractivity contribution >= 4 is 18.3 Å². The maximum absolute atomic E-state index is 12.5. The second-order valence-corrected chi connectivity index (χ2v) is 5.67. The first-order chi connectivity index (χ1) is 11.7. The van der Waals surface area contributed by atoms with Gasteiger partial charge in [-0.25, -0.2) is 0 Å². The zero-order chi connectivity index (χ0) is 17.4. The van der Waals surface area contributed by atoms with E-state index in [4.69, 9.17) is 14.2 Å². The van der Waals surface area contributed by atoms with Crippen LogP contribution < -0.4 is 24.8 Å². The Balaban J connectivity index is 0.00000312. The minimum absolute atomic E-state index is 0. The number of carbonyl (C=O) groups is 1. The monoisotopic (exact) mass is 372 g/mol. The van der Waals surface area contributed by atoms with Crippen molar-refractivity contribution in [1.82, 2.24) is 10.6 Å². The Morgan fingerprint density at radius 2 is 1.72 bits per heavy atom. The number of carbonyl (C=O) groups excluding carboxylic acids is 1. The molecule has 25 heavy (non-hydrogen) atoms. The number of amides is 1. The summed E-state index contributed by atoms with van der Waals surface area (Å²) in [6.45, 7) is 9.83. The van der Waals surface area contributed by atoms with E-state index in [-0.39, 0.29) is 18.3 Å². The number of benzene rings is 1. The Morgan fingerprint density at radius 1 is 1.12 bits per heavy atom. The molecule has 1 amide bonds. The van der Waals surface area contributed by atoms with Crippen LogP contribution in [0.5, 0.6) is 17.2 Å². The fraction of sp³-hybridized carbons (Fsp3) is 0.611. The first-order valence-corrected chi connectivity index (χ1v) is 8.74. The second-order valence-electron chi connectivity index (χ2n) is 5.67. The van der Waals surface area contributed by atoms with Gasteiger partial charge in [-0.3, -0.25) is 4.79 Å². The molecule has 1 aromatic carbocycles. The summed E-state index contributed by atoms with van der Waals surface area (Å²) in [7, 11) is 0. The van der Waals surface area contributed by atoms with Crippen LogP contribution in [0.3, 0.4) is 0 Å². The van der Waals surface area contributed by atoms with Crippen LogP contribution in [0.2, 0.25) is 0 Å². The van der Waals surface area contributed by atoms with Crippen LogP contribution in [0, 0.1) is 5.92 Å². The molecule has 2 N–H and O–H groups in total. The maximum Gasteiger partial charge on any atom is 0.251 e. The van der Waals surface area contributed by atoms with Gasteiger partial charge in [0.2, 0.25) is 5.75 Å². The van der Waals surface area contributed by atoms with Crippen molar-refractivity contribution in [2.24, 2.45) is 5.92 Å². The fourth-order valence-electron chi connectivity index (χ4n) is 2.75. The lowest BCUT2D eigenvalue weighted by molar-refractivity contribution is 0.0947. The van der Waals surface area contributed by atoms with Gasteiger partial charge >= 0.3 is 0 Å². The molecule has 1 aromatic rings. The molecule has 1 aliphatic rings. The van der Waals surface area contributed by atoms with E-state index in [0.717, 1.165) is 19.5 Å². The molecule has 0 saturated carbocycles. The van der Waals surface area contributed by atoms with E-state index in [1.807, 2.05) is 20.8 Å². The molecule has 7 heteroatoms. The first kappa shape index (κ1) is 21.4. The number of ether oxygens (including phenoxy) is 3. The number of halogens is 1. The van der Waals surface area contributed by atoms with Crippen molar-refractivity contribution in [1.29, 1.82) is 0 Å². The third-order valence-electron chi connectivity index (χ3n) is 3.88. The molecule has 1 fully saturated rings. The summed E-state index contributed by atoms with van der Waals surface area (Å²) in [5.74, 6) is 2.01. The smallest absolute Gasteiger partial charge is 0.251 e. The predicted molar refractivity (Wildman–Crippen MR) is 101 cm³/mol. The van der Waals surface area contributed by atoms with E-state index in [9.17, 15) is 4.79 Å². The van der Waals surface area contributed by atoms with Crippen molar-refractivity contribution in [3.63, 3.8) is 0 Å². The van der Waals surface area contributed by atoms with Crippen LogP contribution >= 0.6 is 12.4 Å². The van der Waals surface area contributed by atoms with Gasteiger partial charge in [0.15, 0.2) is 11.5 Å². The lowest BCUT2D eigenvalue weighted by Gasteiger charge is -2.17. The zero-order valence-electron chi connectivity index (χ0n) is 15.2. The van der Waals surface area contributed by atoms with E-state index < -0.39 is 0 Å². The number of rotatable bonds is 9. The molecule has 0 aromatic heterocycles. The Kier molecular flexibility index (Phi) is 9.45. The molecule has 6 nitrogen and oxygen atoms in total. The van der Waals surface area contributed by atoms with Crippen LogP contribution in [0.25, 0.3) is 0 Å². The first-order valence-electron chi connectivity index (χ1n) is 8.74. The van der Waals surface area contributed by atoms with Gasteiger partial charge < -0.3 is 24.8 Å². The predicted octanol–water partition coefficient (Wildman–Crippen LogP) is 2.64. The summed E-state index contributed by atoms with van der Waals surface area (Å²) < 4.78 is 17.0. The molecule has 0 spiro atoms. The minimum atomic E-state index is -0.119. The van der Waals surface area contributed by atoms with Gasteiger partial charge in [-0.2, -0.15) is 0 Å². The van der Waals surface area contributed by atoms with Crippen LogP contribution in [0.4, 0.5) is 0 Å². The summed E-state index contributed by atoms with van der Waals surface area (Å²) in [5.41, 5.74) is 0.524. The van der Waals surface area contributed by atoms with E-state index in [0.29, 0.717) is 55.1 Å². The fourth-order valence-corrected chi connectivity index (χ4v) is 2.75. The van der Waals surface area contributed by atoms with Crippen LogP contribution in [0.15, 0.2) is 12.1 Å². The average molecular weight is 373 g/mol. The summed E-state index contributed by atoms with van der Waals surface area (Å²) in [5, 5.41) is 6.30. The summed E-state index contributed by atoms with van der Waals surface area (Å²) in [6, 6.07) is 3.44. The van der Waals surface area contributed by atoms with Gasteiger partial charge in [-0.1, -0.05) is 0 Å². The highest BCUT2D eigenvalue weighted by Gasteiger charge is 2.20. The molecule has 2 rings (SSSR count). The molecule has 0 radical (unpaired) electrons. The highest BCUT2D eigenvalue weighted by molar-refractivity contribution is 5.95. The third kappa shape index (κ3) is 5.97. The largest absolute Gasteiger partial charge is 0.490 e. The molecular weight excluding hydrogens is 344 g/mol. The third-order valence-corrected chi connectivity index (χ3v) is 3.88. The van der Waals surface area contributed by atoms with Gasteiger partial charge in [0, 0.05) is 12.1 Å². The molecule has 1 saturated heterocycles. The van der Waals surface area contributed by atoms with Crippen LogP contribution in [0.1, 0.15) is 37.6 Å². The highest BCUT2D eigenvalue weighted by atomic mass is 35.5. The van der Waals surface area contributed by atoms with Crippen LogP contribution in [-0.2, 0) is 0 Å². The van der Waals surface area contributed by atoms with Crippen molar-refractivity contribution in [3.8, 4) is 17.2 Å². The van der Waals surface area contributed by atoms with Gasteiger partial charge in [0.05, 0.1) is 19.8 Å². The Bertz CT molecular complexity index is 521. The number of hydrogen-bond donors (Lipinski definition) is 2. The lowest BCUT2D eigenvalue weighted by atomic mass is 10.1. The van der Waals surface area contributed by atoms with Crippen molar-refractivity contribution in [3.05, 3.63) is 17.7 Å². The average Bonchev–Trinajstić information content (AvgIpc) is 3.09. The summed E-state index contributed by atoms with van der Waals surface area (Å²) in [4.78, 5) is 12.5. The summed E-state index contributed by atoms with van der Waals surface area (Å²) >= 11 is 0. The van der Waals surface area contributed by atoms with Crippen LogP contribution in [-0.4, -0.2) is 45.4 Å². The van der Waals surface area contributed by atoms with Gasteiger partial charge in [0.1, 0.15) is 0 Å². The molecular formula is C18H29ClN2O4. The Labute approximate surface area is 156 Å². The molecule has 1 unspecified atom stereocenters. The topological polar surface area (TPSA) is 68.8 Å². The highest BCUT2D eigenvalue weighted by Crippen LogP contribution is 2.39. The van der Waals surface area contributed by atoms with Crippen molar-refractivity contribution < 1.29 is 19.0 Å². The van der Waals surface area contributed by atoms with Gasteiger partial charge in [-0.05, 0) is 58.3 Å². The Morgan fingerprint density at radius 3 is 2.20 bits per heavy atom. The van der Waals surface area contributed by atoms with E-state index in [1.54, 1.807) is 12.1 Å². The van der Waals surface area contributed by atoms with Crippen molar-refractivity contribution in [2.75, 3.05) is 39.5 Å². The molecule has 1 heterocycles. The zero-order valence-corrected chi connectivity index (χ0v) is 16.0. The SMILES string of the molecule is CCOc1cc(C(=O)NCC2CCNC2)cc(OCC)c1OCC.Cl. The van der Waals surface area contributed by atoms with E-state index in [1.165, 1.54) is 0 Å². The number of nitrogens with one attached hydrogen (secondary N) is 2. The van der Waals surface area contributed by atoms with Gasteiger partial charge in [-0.15, -0.1) is 12.4 Å². The Hall–Kier alpha value is -1.66. The lowest BCUT2D eigenvalue weighted by Crippen LogP contribution is -2.30. The molecule has 0 aliphatic carbocycles. The molecule has 0 bridgehead atoms. The normalized spacial score (nSPS) is 16.0. The molecule has 142 valence electrons. The standard InChI is InChI=1S/C18H28N2O4.ClH/c1-4-22-15-9-14(10-16(23-5-2)17(15)24-6-3)18(21)20-12-13-7-8-19-11-13;/h9-10,13,19H,4-8,11-12H2,1-3H3,(H,20,21);1H. The second kappa shape index (κ2) is 11.1. The molecule has 1 atom stereocenters. The maximum atomic E-state index is 12.5. The van der Waals surface area contributed by atoms with E-state index in [2.05, 4.69) is 10.6 Å². The van der Waals surface area contributed by atoms with E-state index >= 15 is 0 Å². The minimum Gasteiger partial charge on any atom is -0.490 e. The quantitative estimate of drug-likeness (QED) is 0.697. The van der Waals surface area contributed by atoms with Crippen molar-refractivity contribution in [2.45, 2.75) is 27.2 Å².